The van der Waals surface area contributed by atoms with E-state index in [1.165, 1.54) is 4.31 Å². The quantitative estimate of drug-likeness (QED) is 0.487. The largest absolute Gasteiger partial charge is 0.488 e. The second-order valence-electron chi connectivity index (χ2n) is 9.01. The number of amides is 1. The maximum absolute atomic E-state index is 13.3. The van der Waals surface area contributed by atoms with Gasteiger partial charge in [0, 0.05) is 26.2 Å². The number of aromatic nitrogens is 1. The molecule has 1 aromatic heterocycles. The van der Waals surface area contributed by atoms with Crippen LogP contribution in [0.25, 0.3) is 0 Å². The Hall–Kier alpha value is -3.17. The van der Waals surface area contributed by atoms with Crippen LogP contribution in [0.4, 0.5) is 0 Å². The monoisotopic (exact) mass is 497 g/mol. The number of nitrogens with zero attached hydrogens (tertiary/aromatic N) is 3. The Kier molecular flexibility index (Phi) is 7.28. The van der Waals surface area contributed by atoms with Crippen molar-refractivity contribution < 1.29 is 22.5 Å². The Balaban J connectivity index is 1.42. The van der Waals surface area contributed by atoms with Gasteiger partial charge in [-0.15, -0.1) is 0 Å². The molecule has 186 valence electrons. The van der Waals surface area contributed by atoms with E-state index in [1.54, 1.807) is 35.2 Å². The number of aryl methyl sites for hydroxylation is 2. The Morgan fingerprint density at radius 1 is 1.03 bits per heavy atom. The standard InChI is InChI=1S/C26H31N3O5S/c1-18(2)21-9-11-22(12-10-21)35(31,32)29-15-13-28(14-16-29)26(30)23-7-5-6-8-25(23)33-17-24-19(3)27-34-20(24)4/h5-12,18H,13-17H2,1-4H3. The maximum Gasteiger partial charge on any atom is 0.257 e. The topological polar surface area (TPSA) is 93.0 Å². The van der Waals surface area contributed by atoms with E-state index < -0.39 is 10.0 Å². The lowest BCUT2D eigenvalue weighted by Gasteiger charge is -2.34. The molecule has 2 heterocycles. The van der Waals surface area contributed by atoms with Gasteiger partial charge in [0.05, 0.1) is 21.7 Å². The summed E-state index contributed by atoms with van der Waals surface area (Å²) in [6.07, 6.45) is 0. The van der Waals surface area contributed by atoms with Gasteiger partial charge >= 0.3 is 0 Å². The molecule has 4 rings (SSSR count). The molecule has 2 aromatic carbocycles. The molecule has 0 spiro atoms. The Morgan fingerprint density at radius 3 is 2.29 bits per heavy atom. The van der Waals surface area contributed by atoms with Gasteiger partial charge in [0.25, 0.3) is 5.91 Å². The third kappa shape index (κ3) is 5.26. The van der Waals surface area contributed by atoms with Gasteiger partial charge in [0.2, 0.25) is 10.0 Å². The SMILES string of the molecule is Cc1noc(C)c1COc1ccccc1C(=O)N1CCN(S(=O)(=O)c2ccc(C(C)C)cc2)CC1. The predicted octanol–water partition coefficient (Wildman–Crippen LogP) is 4.14. The molecule has 0 N–H and O–H groups in total. The number of rotatable bonds is 7. The lowest BCUT2D eigenvalue weighted by molar-refractivity contribution is 0.0693. The number of ether oxygens (including phenoxy) is 1. The molecule has 0 saturated carbocycles. The number of sulfonamides is 1. The number of piperazine rings is 1. The van der Waals surface area contributed by atoms with E-state index >= 15 is 0 Å². The second-order valence-corrected chi connectivity index (χ2v) is 10.9. The van der Waals surface area contributed by atoms with Crippen LogP contribution >= 0.6 is 0 Å². The Morgan fingerprint density at radius 2 is 1.69 bits per heavy atom. The number of para-hydroxylation sites is 1. The summed E-state index contributed by atoms with van der Waals surface area (Å²) in [7, 11) is -3.61. The average molecular weight is 498 g/mol. The summed E-state index contributed by atoms with van der Waals surface area (Å²) in [5.41, 5.74) is 3.14. The number of benzene rings is 2. The van der Waals surface area contributed by atoms with Gasteiger partial charge in [-0.2, -0.15) is 4.31 Å². The van der Waals surface area contributed by atoms with Crippen molar-refractivity contribution in [2.75, 3.05) is 26.2 Å². The van der Waals surface area contributed by atoms with Crippen LogP contribution in [0, 0.1) is 13.8 Å². The Bertz CT molecular complexity index is 1270. The highest BCUT2D eigenvalue weighted by molar-refractivity contribution is 7.89. The molecule has 0 aliphatic carbocycles. The molecule has 1 fully saturated rings. The van der Waals surface area contributed by atoms with Gasteiger partial charge in [-0.3, -0.25) is 4.79 Å². The minimum absolute atomic E-state index is 0.183. The minimum Gasteiger partial charge on any atom is -0.488 e. The molecule has 0 atom stereocenters. The summed E-state index contributed by atoms with van der Waals surface area (Å²) < 4.78 is 38.8. The van der Waals surface area contributed by atoms with Gasteiger partial charge < -0.3 is 14.2 Å². The highest BCUT2D eigenvalue weighted by Crippen LogP contribution is 2.25. The minimum atomic E-state index is -3.61. The van der Waals surface area contributed by atoms with E-state index in [9.17, 15) is 13.2 Å². The Labute approximate surface area is 206 Å². The molecule has 9 heteroatoms. The summed E-state index contributed by atoms with van der Waals surface area (Å²) in [6, 6.07) is 14.1. The number of hydrogen-bond acceptors (Lipinski definition) is 6. The van der Waals surface area contributed by atoms with Crippen molar-refractivity contribution in [3.63, 3.8) is 0 Å². The van der Waals surface area contributed by atoms with Crippen LogP contribution in [0.1, 0.15) is 52.7 Å². The first-order valence-electron chi connectivity index (χ1n) is 11.7. The molecule has 3 aromatic rings. The molecule has 35 heavy (non-hydrogen) atoms. The van der Waals surface area contributed by atoms with Gasteiger partial charge in [0.1, 0.15) is 18.1 Å². The molecule has 0 bridgehead atoms. The fourth-order valence-electron chi connectivity index (χ4n) is 4.10. The summed E-state index contributed by atoms with van der Waals surface area (Å²) in [5, 5.41) is 3.94. The molecule has 0 unspecified atom stereocenters. The number of carbonyl (C=O) groups is 1. The van der Waals surface area contributed by atoms with Crippen molar-refractivity contribution in [2.45, 2.75) is 45.1 Å². The van der Waals surface area contributed by atoms with E-state index in [0.29, 0.717) is 36.1 Å². The van der Waals surface area contributed by atoms with E-state index in [4.69, 9.17) is 9.26 Å². The van der Waals surface area contributed by atoms with E-state index in [2.05, 4.69) is 19.0 Å². The van der Waals surface area contributed by atoms with Crippen LogP contribution in [0.5, 0.6) is 5.75 Å². The molecular weight excluding hydrogens is 466 g/mol. The maximum atomic E-state index is 13.3. The fourth-order valence-corrected chi connectivity index (χ4v) is 5.52. The van der Waals surface area contributed by atoms with E-state index in [1.807, 2.05) is 32.0 Å². The first-order valence-corrected chi connectivity index (χ1v) is 13.2. The molecule has 0 radical (unpaired) electrons. The summed E-state index contributed by atoms with van der Waals surface area (Å²) >= 11 is 0. The van der Waals surface area contributed by atoms with Crippen molar-refractivity contribution in [3.05, 3.63) is 76.7 Å². The van der Waals surface area contributed by atoms with Crippen LogP contribution in [-0.4, -0.2) is 54.9 Å². The lowest BCUT2D eigenvalue weighted by atomic mass is 10.0. The van der Waals surface area contributed by atoms with Crippen molar-refractivity contribution in [2.24, 2.45) is 0 Å². The van der Waals surface area contributed by atoms with E-state index in [-0.39, 0.29) is 30.5 Å². The van der Waals surface area contributed by atoms with Gasteiger partial charge in [0.15, 0.2) is 0 Å². The van der Waals surface area contributed by atoms with Crippen LogP contribution in [0.15, 0.2) is 57.9 Å². The van der Waals surface area contributed by atoms with Crippen molar-refractivity contribution >= 4 is 15.9 Å². The van der Waals surface area contributed by atoms with E-state index in [0.717, 1.165) is 16.8 Å². The number of hydrogen-bond donors (Lipinski definition) is 0. The van der Waals surface area contributed by atoms with Gasteiger partial charge in [-0.1, -0.05) is 43.3 Å². The molecule has 1 amide bonds. The fraction of sp³-hybridized carbons (Fsp3) is 0.385. The smallest absolute Gasteiger partial charge is 0.257 e. The average Bonchev–Trinajstić information content (AvgIpc) is 3.19. The van der Waals surface area contributed by atoms with Crippen molar-refractivity contribution in [3.8, 4) is 5.75 Å². The van der Waals surface area contributed by atoms with Crippen LogP contribution < -0.4 is 4.74 Å². The van der Waals surface area contributed by atoms with Crippen molar-refractivity contribution in [1.82, 2.24) is 14.4 Å². The van der Waals surface area contributed by atoms with Gasteiger partial charge in [-0.05, 0) is 49.6 Å². The third-order valence-electron chi connectivity index (χ3n) is 6.38. The molecule has 8 nitrogen and oxygen atoms in total. The van der Waals surface area contributed by atoms with Crippen LogP contribution in [0.3, 0.4) is 0 Å². The summed E-state index contributed by atoms with van der Waals surface area (Å²) in [4.78, 5) is 15.2. The first kappa shape index (κ1) is 24.9. The normalized spacial score (nSPS) is 14.9. The molecule has 1 saturated heterocycles. The predicted molar refractivity (Wildman–Crippen MR) is 132 cm³/mol. The third-order valence-corrected chi connectivity index (χ3v) is 8.29. The summed E-state index contributed by atoms with van der Waals surface area (Å²) in [6.45, 7) is 9.14. The molecule has 1 aliphatic heterocycles. The van der Waals surface area contributed by atoms with Crippen molar-refractivity contribution in [1.29, 1.82) is 0 Å². The zero-order chi connectivity index (χ0) is 25.2. The zero-order valence-corrected chi connectivity index (χ0v) is 21.3. The molecule has 1 aliphatic rings. The van der Waals surface area contributed by atoms with Crippen LogP contribution in [-0.2, 0) is 16.6 Å². The molecular formula is C26H31N3O5S. The zero-order valence-electron chi connectivity index (χ0n) is 20.5. The first-order chi connectivity index (χ1) is 16.7. The highest BCUT2D eigenvalue weighted by Gasteiger charge is 2.31. The summed E-state index contributed by atoms with van der Waals surface area (Å²) in [5.74, 6) is 1.30. The number of carbonyl (C=O) groups excluding carboxylic acids is 1. The highest BCUT2D eigenvalue weighted by atomic mass is 32.2. The van der Waals surface area contributed by atoms with Gasteiger partial charge in [-0.25, -0.2) is 8.42 Å². The van der Waals surface area contributed by atoms with Crippen LogP contribution in [0.2, 0.25) is 0 Å². The second kappa shape index (κ2) is 10.2. The lowest BCUT2D eigenvalue weighted by Crippen LogP contribution is -2.50.